The van der Waals surface area contributed by atoms with Crippen LogP contribution in [0.25, 0.3) is 0 Å². The highest BCUT2D eigenvalue weighted by Gasteiger charge is 2.50. The number of aliphatic carboxylic acids is 1. The van der Waals surface area contributed by atoms with Gasteiger partial charge in [0, 0.05) is 13.1 Å². The van der Waals surface area contributed by atoms with Gasteiger partial charge in [-0.15, -0.1) is 0 Å². The molecular weight excluding hydrogens is 268 g/mol. The maximum atomic E-state index is 12.5. The zero-order valence-electron chi connectivity index (χ0n) is 13.3. The van der Waals surface area contributed by atoms with Gasteiger partial charge >= 0.3 is 12.0 Å². The van der Waals surface area contributed by atoms with E-state index in [9.17, 15) is 14.7 Å². The number of likely N-dealkylation sites (tertiary alicyclic amines) is 1. The first-order chi connectivity index (χ1) is 9.99. The van der Waals surface area contributed by atoms with Crippen LogP contribution in [-0.4, -0.2) is 40.6 Å². The molecule has 1 aliphatic carbocycles. The predicted molar refractivity (Wildman–Crippen MR) is 81.2 cm³/mol. The average Bonchev–Trinajstić information content (AvgIpc) is 3.07. The monoisotopic (exact) mass is 296 g/mol. The van der Waals surface area contributed by atoms with Crippen LogP contribution in [0.15, 0.2) is 0 Å². The Bertz CT molecular complexity index is 406. The van der Waals surface area contributed by atoms with Gasteiger partial charge in [0.25, 0.3) is 0 Å². The lowest BCUT2D eigenvalue weighted by Gasteiger charge is -2.35. The number of carbonyl (C=O) groups excluding carboxylic acids is 1. The molecule has 2 N–H and O–H groups in total. The number of carboxylic acids is 1. The normalized spacial score (nSPS) is 26.7. The van der Waals surface area contributed by atoms with E-state index in [0.717, 1.165) is 25.7 Å². The van der Waals surface area contributed by atoms with Crippen LogP contribution in [0, 0.1) is 5.41 Å². The summed E-state index contributed by atoms with van der Waals surface area (Å²) >= 11 is 0. The molecule has 0 radical (unpaired) electrons. The van der Waals surface area contributed by atoms with Crippen molar-refractivity contribution < 1.29 is 14.7 Å². The molecule has 0 aromatic heterocycles. The molecule has 1 saturated carbocycles. The van der Waals surface area contributed by atoms with Crippen molar-refractivity contribution >= 4 is 12.0 Å². The van der Waals surface area contributed by atoms with Gasteiger partial charge in [0.2, 0.25) is 0 Å². The molecule has 0 aromatic carbocycles. The SMILES string of the molecule is CCCC1(CNC(=O)N2CCCC2(CCC)C(=O)O)CC1. The Morgan fingerprint density at radius 2 is 1.81 bits per heavy atom. The number of urea groups is 1. The van der Waals surface area contributed by atoms with Gasteiger partial charge in [-0.05, 0) is 43.9 Å². The van der Waals surface area contributed by atoms with Crippen molar-refractivity contribution in [2.24, 2.45) is 5.41 Å². The van der Waals surface area contributed by atoms with E-state index in [4.69, 9.17) is 0 Å². The molecule has 2 amide bonds. The van der Waals surface area contributed by atoms with Gasteiger partial charge in [0.15, 0.2) is 0 Å². The van der Waals surface area contributed by atoms with Crippen LogP contribution in [0.2, 0.25) is 0 Å². The lowest BCUT2D eigenvalue weighted by Crippen LogP contribution is -2.56. The summed E-state index contributed by atoms with van der Waals surface area (Å²) in [6, 6.07) is -0.189. The minimum Gasteiger partial charge on any atom is -0.479 e. The summed E-state index contributed by atoms with van der Waals surface area (Å²) in [5.41, 5.74) is -0.693. The summed E-state index contributed by atoms with van der Waals surface area (Å²) in [4.78, 5) is 25.8. The topological polar surface area (TPSA) is 69.6 Å². The smallest absolute Gasteiger partial charge is 0.329 e. The molecule has 0 bridgehead atoms. The number of nitrogens with zero attached hydrogens (tertiary/aromatic N) is 1. The Morgan fingerprint density at radius 3 is 2.33 bits per heavy atom. The molecule has 2 rings (SSSR count). The number of amides is 2. The van der Waals surface area contributed by atoms with Gasteiger partial charge in [-0.3, -0.25) is 0 Å². The van der Waals surface area contributed by atoms with Crippen molar-refractivity contribution in [2.75, 3.05) is 13.1 Å². The first-order valence-electron chi connectivity index (χ1n) is 8.28. The Labute approximate surface area is 127 Å². The fourth-order valence-electron chi connectivity index (χ4n) is 3.76. The molecule has 5 nitrogen and oxygen atoms in total. The van der Waals surface area contributed by atoms with Crippen LogP contribution in [0.1, 0.15) is 65.2 Å². The molecule has 1 unspecified atom stereocenters. The van der Waals surface area contributed by atoms with Crippen LogP contribution in [0.4, 0.5) is 4.79 Å². The molecular formula is C16H28N2O3. The summed E-state index contributed by atoms with van der Waals surface area (Å²) in [6.07, 6.45) is 7.30. The van der Waals surface area contributed by atoms with Gasteiger partial charge in [0.05, 0.1) is 0 Å². The van der Waals surface area contributed by atoms with E-state index in [2.05, 4.69) is 12.2 Å². The fourth-order valence-corrected chi connectivity index (χ4v) is 3.76. The maximum absolute atomic E-state index is 12.5. The van der Waals surface area contributed by atoms with E-state index in [0.29, 0.717) is 31.3 Å². The lowest BCUT2D eigenvalue weighted by molar-refractivity contribution is -0.148. The van der Waals surface area contributed by atoms with Crippen molar-refractivity contribution in [3.63, 3.8) is 0 Å². The summed E-state index contributed by atoms with van der Waals surface area (Å²) < 4.78 is 0. The second-order valence-electron chi connectivity index (χ2n) is 6.75. The highest BCUT2D eigenvalue weighted by atomic mass is 16.4. The molecule has 2 aliphatic rings. The second-order valence-corrected chi connectivity index (χ2v) is 6.75. The van der Waals surface area contributed by atoms with Crippen LogP contribution >= 0.6 is 0 Å². The third-order valence-electron chi connectivity index (χ3n) is 5.15. The summed E-state index contributed by atoms with van der Waals surface area (Å²) in [5.74, 6) is -0.855. The van der Waals surface area contributed by atoms with Crippen LogP contribution in [0.3, 0.4) is 0 Å². The third-order valence-corrected chi connectivity index (χ3v) is 5.15. The predicted octanol–water partition coefficient (Wildman–Crippen LogP) is 3.00. The van der Waals surface area contributed by atoms with Crippen molar-refractivity contribution in [3.8, 4) is 0 Å². The van der Waals surface area contributed by atoms with Crippen LogP contribution in [0.5, 0.6) is 0 Å². The Kier molecular flexibility index (Phi) is 4.79. The van der Waals surface area contributed by atoms with Gasteiger partial charge in [-0.2, -0.15) is 0 Å². The molecule has 0 aromatic rings. The largest absolute Gasteiger partial charge is 0.479 e. The second kappa shape index (κ2) is 6.24. The standard InChI is InChI=1S/C16H28N2O3/c1-3-6-15(9-10-15)12-17-14(21)18-11-5-8-16(18,7-4-2)13(19)20/h3-12H2,1-2H3,(H,17,21)(H,19,20). The molecule has 1 aliphatic heterocycles. The minimum absolute atomic E-state index is 0.189. The van der Waals surface area contributed by atoms with E-state index in [1.54, 1.807) is 4.90 Å². The zero-order valence-corrected chi connectivity index (χ0v) is 13.3. The average molecular weight is 296 g/mol. The minimum atomic E-state index is -0.986. The summed E-state index contributed by atoms with van der Waals surface area (Å²) in [7, 11) is 0. The first-order valence-corrected chi connectivity index (χ1v) is 8.28. The quantitative estimate of drug-likeness (QED) is 0.758. The number of hydrogen-bond acceptors (Lipinski definition) is 2. The highest BCUT2D eigenvalue weighted by molar-refractivity contribution is 5.87. The third kappa shape index (κ3) is 3.16. The van der Waals surface area contributed by atoms with Gasteiger partial charge in [-0.1, -0.05) is 26.7 Å². The molecule has 120 valence electrons. The number of carbonyl (C=O) groups is 2. The van der Waals surface area contributed by atoms with Gasteiger partial charge in [-0.25, -0.2) is 9.59 Å². The van der Waals surface area contributed by atoms with E-state index >= 15 is 0 Å². The van der Waals surface area contributed by atoms with Crippen molar-refractivity contribution in [2.45, 2.75) is 70.8 Å². The number of rotatable bonds is 7. The highest BCUT2D eigenvalue weighted by Crippen LogP contribution is 2.49. The van der Waals surface area contributed by atoms with E-state index in [1.165, 1.54) is 12.8 Å². The van der Waals surface area contributed by atoms with Crippen molar-refractivity contribution in [3.05, 3.63) is 0 Å². The Balaban J connectivity index is 1.98. The number of carboxylic acid groups (broad SMARTS) is 1. The zero-order chi connectivity index (χ0) is 15.5. The lowest BCUT2D eigenvalue weighted by atomic mass is 9.91. The number of hydrogen-bond donors (Lipinski definition) is 2. The maximum Gasteiger partial charge on any atom is 0.329 e. The molecule has 1 atom stereocenters. The first kappa shape index (κ1) is 16.1. The van der Waals surface area contributed by atoms with Gasteiger partial charge in [0.1, 0.15) is 5.54 Å². The van der Waals surface area contributed by atoms with Gasteiger partial charge < -0.3 is 15.3 Å². The Morgan fingerprint density at radius 1 is 1.14 bits per heavy atom. The molecule has 0 spiro atoms. The summed E-state index contributed by atoms with van der Waals surface area (Å²) in [6.45, 7) is 5.38. The van der Waals surface area contributed by atoms with Crippen LogP contribution in [-0.2, 0) is 4.79 Å². The van der Waals surface area contributed by atoms with E-state index < -0.39 is 11.5 Å². The molecule has 1 saturated heterocycles. The molecule has 5 heteroatoms. The van der Waals surface area contributed by atoms with Crippen molar-refractivity contribution in [1.82, 2.24) is 10.2 Å². The molecule has 1 heterocycles. The van der Waals surface area contributed by atoms with E-state index in [-0.39, 0.29) is 6.03 Å². The molecule has 21 heavy (non-hydrogen) atoms. The summed E-state index contributed by atoms with van der Waals surface area (Å²) in [5, 5.41) is 12.6. The Hall–Kier alpha value is -1.26. The molecule has 2 fully saturated rings. The van der Waals surface area contributed by atoms with E-state index in [1.807, 2.05) is 6.92 Å². The van der Waals surface area contributed by atoms with Crippen molar-refractivity contribution in [1.29, 1.82) is 0 Å². The van der Waals surface area contributed by atoms with Crippen LogP contribution < -0.4 is 5.32 Å². The number of nitrogens with one attached hydrogen (secondary N) is 1. The fraction of sp³-hybridized carbons (Fsp3) is 0.875.